The largest absolute Gasteiger partial charge is 0.494 e. The molecule has 1 fully saturated rings. The lowest BCUT2D eigenvalue weighted by Crippen LogP contribution is -2.35. The number of nitrogens with zero attached hydrogens (tertiary/aromatic N) is 3. The zero-order chi connectivity index (χ0) is 22.9. The molecule has 7 heteroatoms. The van der Waals surface area contributed by atoms with Crippen molar-refractivity contribution in [1.29, 1.82) is 0 Å². The Hall–Kier alpha value is -2.67. The lowest BCUT2D eigenvalue weighted by atomic mass is 9.92. The number of piperidine rings is 1. The Bertz CT molecular complexity index is 853. The summed E-state index contributed by atoms with van der Waals surface area (Å²) in [6, 6.07) is 3.90. The summed E-state index contributed by atoms with van der Waals surface area (Å²) in [5, 5.41) is 2.84. The van der Waals surface area contributed by atoms with E-state index in [1.54, 1.807) is 0 Å². The topological polar surface area (TPSA) is 93.4 Å². The molecule has 2 heterocycles. The maximum absolute atomic E-state index is 12.3. The monoisotopic (exact) mass is 439 g/mol. The van der Waals surface area contributed by atoms with Gasteiger partial charge in [-0.1, -0.05) is 6.92 Å². The molecule has 0 saturated carbocycles. The summed E-state index contributed by atoms with van der Waals surface area (Å²) < 4.78 is 6.00. The highest BCUT2D eigenvalue weighted by Crippen LogP contribution is 2.25. The minimum atomic E-state index is -0.0740. The van der Waals surface area contributed by atoms with Crippen LogP contribution in [0, 0.1) is 19.8 Å². The number of rotatable bonds is 10. The summed E-state index contributed by atoms with van der Waals surface area (Å²) >= 11 is 0. The first kappa shape index (κ1) is 24.0. The quantitative estimate of drug-likeness (QED) is 0.551. The molecule has 1 aliphatic heterocycles. The van der Waals surface area contributed by atoms with E-state index in [9.17, 15) is 4.79 Å². The molecule has 1 aromatic heterocycles. The van der Waals surface area contributed by atoms with Gasteiger partial charge in [0.1, 0.15) is 5.75 Å². The van der Waals surface area contributed by atoms with Gasteiger partial charge in [0.25, 0.3) is 5.91 Å². The Labute approximate surface area is 191 Å². The number of carbonyl (C=O) groups is 1. The van der Waals surface area contributed by atoms with Crippen LogP contribution in [0.1, 0.15) is 59.7 Å². The van der Waals surface area contributed by atoms with Gasteiger partial charge in [0.15, 0.2) is 0 Å². The predicted octanol–water partition coefficient (Wildman–Crippen LogP) is 3.42. The summed E-state index contributed by atoms with van der Waals surface area (Å²) in [5.74, 6) is 2.34. The number of ether oxygens (including phenoxy) is 1. The molecule has 1 aliphatic rings. The number of benzene rings is 1. The second-order valence-corrected chi connectivity index (χ2v) is 8.64. The molecule has 3 N–H and O–H groups in total. The van der Waals surface area contributed by atoms with Crippen LogP contribution in [0.2, 0.25) is 0 Å². The number of aryl methyl sites for hydroxylation is 3. The van der Waals surface area contributed by atoms with Crippen LogP contribution in [-0.2, 0) is 6.42 Å². The Morgan fingerprint density at radius 2 is 1.84 bits per heavy atom. The van der Waals surface area contributed by atoms with Gasteiger partial charge < -0.3 is 20.7 Å². The molecular formula is C25H37N5O2. The van der Waals surface area contributed by atoms with Crippen molar-refractivity contribution in [3.63, 3.8) is 0 Å². The van der Waals surface area contributed by atoms with Crippen LogP contribution >= 0.6 is 0 Å². The van der Waals surface area contributed by atoms with Crippen LogP contribution in [0.5, 0.6) is 5.75 Å². The smallest absolute Gasteiger partial charge is 0.251 e. The van der Waals surface area contributed by atoms with E-state index in [1.807, 2.05) is 38.4 Å². The highest BCUT2D eigenvalue weighted by atomic mass is 16.5. The van der Waals surface area contributed by atoms with Gasteiger partial charge in [-0.2, -0.15) is 0 Å². The summed E-state index contributed by atoms with van der Waals surface area (Å²) in [6.45, 7) is 9.66. The van der Waals surface area contributed by atoms with Crippen LogP contribution < -0.4 is 20.7 Å². The van der Waals surface area contributed by atoms with E-state index < -0.39 is 0 Å². The first-order valence-electron chi connectivity index (χ1n) is 11.8. The molecule has 0 radical (unpaired) electrons. The number of nitrogens with two attached hydrogens (primary N) is 1. The Kier molecular flexibility index (Phi) is 8.85. The zero-order valence-electron chi connectivity index (χ0n) is 19.7. The molecular weight excluding hydrogens is 402 g/mol. The maximum Gasteiger partial charge on any atom is 0.251 e. The van der Waals surface area contributed by atoms with Crippen LogP contribution in [-0.4, -0.2) is 48.7 Å². The SMILES string of the molecule is CCc1cnc(N2CCC(CCCOc3cc(C)c(C(=O)NCCN)c(C)c3)CC2)nc1. The Morgan fingerprint density at radius 3 is 2.44 bits per heavy atom. The van der Waals surface area contributed by atoms with Gasteiger partial charge in [0.05, 0.1) is 6.61 Å². The molecule has 0 atom stereocenters. The first-order chi connectivity index (χ1) is 15.5. The molecule has 1 saturated heterocycles. The summed E-state index contributed by atoms with van der Waals surface area (Å²) in [7, 11) is 0. The van der Waals surface area contributed by atoms with Crippen molar-refractivity contribution in [2.45, 2.75) is 52.9 Å². The number of amides is 1. The molecule has 0 spiro atoms. The fraction of sp³-hybridized carbons (Fsp3) is 0.560. The molecule has 32 heavy (non-hydrogen) atoms. The minimum Gasteiger partial charge on any atom is -0.494 e. The summed E-state index contributed by atoms with van der Waals surface area (Å²) in [5.41, 5.74) is 9.22. The van der Waals surface area contributed by atoms with E-state index in [2.05, 4.69) is 27.1 Å². The lowest BCUT2D eigenvalue weighted by molar-refractivity contribution is 0.0953. The van der Waals surface area contributed by atoms with Crippen molar-refractivity contribution >= 4 is 11.9 Å². The Morgan fingerprint density at radius 1 is 1.19 bits per heavy atom. The third-order valence-electron chi connectivity index (χ3n) is 6.19. The third kappa shape index (κ3) is 6.42. The fourth-order valence-electron chi connectivity index (χ4n) is 4.32. The average Bonchev–Trinajstić information content (AvgIpc) is 2.80. The summed E-state index contributed by atoms with van der Waals surface area (Å²) in [6.07, 6.45) is 9.39. The first-order valence-corrected chi connectivity index (χ1v) is 11.8. The van der Waals surface area contributed by atoms with E-state index in [1.165, 1.54) is 24.8 Å². The lowest BCUT2D eigenvalue weighted by Gasteiger charge is -2.32. The van der Waals surface area contributed by atoms with Gasteiger partial charge in [-0.3, -0.25) is 4.79 Å². The van der Waals surface area contributed by atoms with E-state index in [-0.39, 0.29) is 5.91 Å². The number of nitrogens with one attached hydrogen (secondary N) is 1. The molecule has 174 valence electrons. The second-order valence-electron chi connectivity index (χ2n) is 8.64. The van der Waals surface area contributed by atoms with Gasteiger partial charge in [0, 0.05) is 44.1 Å². The van der Waals surface area contributed by atoms with E-state index in [4.69, 9.17) is 10.5 Å². The number of aromatic nitrogens is 2. The zero-order valence-corrected chi connectivity index (χ0v) is 19.7. The number of anilines is 1. The van der Waals surface area contributed by atoms with Gasteiger partial charge in [-0.25, -0.2) is 9.97 Å². The van der Waals surface area contributed by atoms with Crippen molar-refractivity contribution in [3.05, 3.63) is 46.8 Å². The van der Waals surface area contributed by atoms with Crippen molar-refractivity contribution in [1.82, 2.24) is 15.3 Å². The van der Waals surface area contributed by atoms with Gasteiger partial charge in [0.2, 0.25) is 5.95 Å². The molecule has 0 aliphatic carbocycles. The molecule has 1 aromatic carbocycles. The second kappa shape index (κ2) is 11.8. The van der Waals surface area contributed by atoms with Crippen LogP contribution in [0.25, 0.3) is 0 Å². The van der Waals surface area contributed by atoms with Crippen molar-refractivity contribution in [2.75, 3.05) is 37.7 Å². The van der Waals surface area contributed by atoms with Crippen LogP contribution in [0.15, 0.2) is 24.5 Å². The molecule has 0 bridgehead atoms. The van der Waals surface area contributed by atoms with Crippen molar-refractivity contribution in [2.24, 2.45) is 11.7 Å². The van der Waals surface area contributed by atoms with Gasteiger partial charge >= 0.3 is 0 Å². The fourth-order valence-corrected chi connectivity index (χ4v) is 4.32. The number of hydrogen-bond acceptors (Lipinski definition) is 6. The standard InChI is InChI=1S/C25H37N5O2/c1-4-20-16-28-25(29-17-20)30-11-7-21(8-12-30)6-5-13-32-22-14-18(2)23(19(3)15-22)24(31)27-10-9-26/h14-17,21H,4-13,26H2,1-3H3,(H,27,31). The van der Waals surface area contributed by atoms with Crippen LogP contribution in [0.3, 0.4) is 0 Å². The number of hydrogen-bond donors (Lipinski definition) is 2. The van der Waals surface area contributed by atoms with Gasteiger partial charge in [-0.05, 0) is 80.7 Å². The number of carbonyl (C=O) groups excluding carboxylic acids is 1. The van der Waals surface area contributed by atoms with Gasteiger partial charge in [-0.15, -0.1) is 0 Å². The average molecular weight is 440 g/mol. The Balaban J connectivity index is 1.40. The van der Waals surface area contributed by atoms with Crippen molar-refractivity contribution in [3.8, 4) is 5.75 Å². The van der Waals surface area contributed by atoms with Crippen LogP contribution in [0.4, 0.5) is 5.95 Å². The third-order valence-corrected chi connectivity index (χ3v) is 6.19. The highest BCUT2D eigenvalue weighted by Gasteiger charge is 2.21. The molecule has 7 nitrogen and oxygen atoms in total. The maximum atomic E-state index is 12.3. The molecule has 0 unspecified atom stereocenters. The normalized spacial score (nSPS) is 14.4. The molecule has 1 amide bonds. The minimum absolute atomic E-state index is 0.0740. The molecule has 3 rings (SSSR count). The predicted molar refractivity (Wildman–Crippen MR) is 128 cm³/mol. The van der Waals surface area contributed by atoms with E-state index >= 15 is 0 Å². The van der Waals surface area contributed by atoms with Crippen molar-refractivity contribution < 1.29 is 9.53 Å². The van der Waals surface area contributed by atoms with E-state index in [0.29, 0.717) is 25.3 Å². The highest BCUT2D eigenvalue weighted by molar-refractivity contribution is 5.97. The van der Waals surface area contributed by atoms with E-state index in [0.717, 1.165) is 54.7 Å². The molecule has 2 aromatic rings. The summed E-state index contributed by atoms with van der Waals surface area (Å²) in [4.78, 5) is 23.6.